The first-order chi connectivity index (χ1) is 13.0. The number of para-hydroxylation sites is 1. The summed E-state index contributed by atoms with van der Waals surface area (Å²) in [6.07, 6.45) is 0. The third-order valence-corrected chi connectivity index (χ3v) is 6.73. The minimum atomic E-state index is -3.98. The van der Waals surface area contributed by atoms with Crippen LogP contribution < -0.4 is 4.31 Å². The average molecular weight is 384 g/mol. The maximum Gasteiger partial charge on any atom is 0.270 e. The van der Waals surface area contributed by atoms with E-state index < -0.39 is 15.9 Å². The van der Waals surface area contributed by atoms with E-state index in [4.69, 9.17) is 4.74 Å². The lowest BCUT2D eigenvalue weighted by Crippen LogP contribution is -2.45. The van der Waals surface area contributed by atoms with Crippen molar-refractivity contribution in [1.82, 2.24) is 4.90 Å². The van der Waals surface area contributed by atoms with E-state index in [1.54, 1.807) is 17.0 Å². The Kier molecular flexibility index (Phi) is 4.49. The van der Waals surface area contributed by atoms with E-state index in [9.17, 15) is 13.2 Å². The van der Waals surface area contributed by atoms with E-state index >= 15 is 0 Å². The van der Waals surface area contributed by atoms with Crippen LogP contribution in [0.3, 0.4) is 0 Å². The molecule has 2 aromatic carbocycles. The summed E-state index contributed by atoms with van der Waals surface area (Å²) in [6, 6.07) is 16.5. The summed E-state index contributed by atoms with van der Waals surface area (Å²) in [4.78, 5) is 14.7. The number of morpholine rings is 1. The molecule has 1 fully saturated rings. The first kappa shape index (κ1) is 17.8. The van der Waals surface area contributed by atoms with E-state index in [0.717, 1.165) is 5.56 Å². The highest BCUT2D eigenvalue weighted by Gasteiger charge is 2.41. The van der Waals surface area contributed by atoms with Gasteiger partial charge in [-0.2, -0.15) is 0 Å². The number of ether oxygens (including phenoxy) is 1. The highest BCUT2D eigenvalue weighted by molar-refractivity contribution is 7.97. The Balaban J connectivity index is 2.01. The number of sulfonamides is 1. The highest BCUT2D eigenvalue weighted by Crippen LogP contribution is 2.42. The lowest BCUT2D eigenvalue weighted by molar-refractivity contribution is -0.130. The second-order valence-corrected chi connectivity index (χ2v) is 8.37. The van der Waals surface area contributed by atoms with Crippen LogP contribution in [0.15, 0.2) is 59.5 Å². The number of carbonyl (C=O) groups is 1. The molecule has 0 atom stereocenters. The molecule has 0 radical (unpaired) electrons. The second-order valence-electron chi connectivity index (χ2n) is 6.46. The van der Waals surface area contributed by atoms with E-state index in [0.29, 0.717) is 43.1 Å². The molecular weight excluding hydrogens is 364 g/mol. The fourth-order valence-corrected chi connectivity index (χ4v) is 5.02. The van der Waals surface area contributed by atoms with Gasteiger partial charge in [0.15, 0.2) is 4.91 Å². The van der Waals surface area contributed by atoms with E-state index in [-0.39, 0.29) is 4.91 Å². The molecule has 7 heteroatoms. The first-order valence-electron chi connectivity index (χ1n) is 8.77. The number of carbonyl (C=O) groups excluding carboxylic acids is 1. The minimum absolute atomic E-state index is 0.170. The molecule has 2 aromatic rings. The standard InChI is InChI=1S/C20H20N2O4S/c1-21-17-10-6-5-9-16(17)18(15-7-3-2-4-8-15)19(27(21,24)25)20(23)22-11-13-26-14-12-22/h2-10H,11-14H2,1H3. The van der Waals surface area contributed by atoms with Crippen molar-refractivity contribution < 1.29 is 17.9 Å². The Morgan fingerprint density at radius 1 is 0.963 bits per heavy atom. The summed E-state index contributed by atoms with van der Waals surface area (Å²) in [5, 5.41) is 0. The van der Waals surface area contributed by atoms with Crippen LogP contribution in [0, 0.1) is 0 Å². The molecular formula is C20H20N2O4S. The molecule has 0 saturated carbocycles. The lowest BCUT2D eigenvalue weighted by atomic mass is 9.95. The van der Waals surface area contributed by atoms with Gasteiger partial charge in [0.2, 0.25) is 0 Å². The van der Waals surface area contributed by atoms with Gasteiger partial charge in [-0.05, 0) is 11.6 Å². The topological polar surface area (TPSA) is 66.9 Å². The van der Waals surface area contributed by atoms with Gasteiger partial charge in [0.1, 0.15) is 0 Å². The Morgan fingerprint density at radius 3 is 2.30 bits per heavy atom. The maximum atomic E-state index is 13.3. The van der Waals surface area contributed by atoms with Gasteiger partial charge in [-0.1, -0.05) is 48.5 Å². The number of nitrogens with zero attached hydrogens (tertiary/aromatic N) is 2. The van der Waals surface area contributed by atoms with Gasteiger partial charge in [0.05, 0.1) is 18.9 Å². The van der Waals surface area contributed by atoms with Gasteiger partial charge in [-0.3, -0.25) is 9.10 Å². The normalized spacial score (nSPS) is 19.0. The van der Waals surface area contributed by atoms with Crippen LogP contribution >= 0.6 is 0 Å². The molecule has 0 unspecified atom stereocenters. The summed E-state index contributed by atoms with van der Waals surface area (Å²) in [5.74, 6) is -0.474. The number of hydrogen-bond acceptors (Lipinski definition) is 4. The van der Waals surface area contributed by atoms with Gasteiger partial charge in [-0.25, -0.2) is 8.42 Å². The predicted octanol–water partition coefficient (Wildman–Crippen LogP) is 2.08. The third kappa shape index (κ3) is 2.93. The molecule has 0 N–H and O–H groups in total. The zero-order chi connectivity index (χ0) is 19.0. The molecule has 140 valence electrons. The van der Waals surface area contributed by atoms with Gasteiger partial charge in [0.25, 0.3) is 15.9 Å². The number of anilines is 1. The van der Waals surface area contributed by atoms with Gasteiger partial charge in [0, 0.05) is 31.3 Å². The maximum absolute atomic E-state index is 13.3. The molecule has 1 saturated heterocycles. The largest absolute Gasteiger partial charge is 0.378 e. The van der Waals surface area contributed by atoms with Crippen molar-refractivity contribution >= 4 is 27.2 Å². The zero-order valence-electron chi connectivity index (χ0n) is 15.0. The quantitative estimate of drug-likeness (QED) is 0.795. The number of amides is 1. The Bertz CT molecular complexity index is 1010. The van der Waals surface area contributed by atoms with Crippen molar-refractivity contribution in [2.45, 2.75) is 0 Å². The number of benzene rings is 2. The molecule has 4 rings (SSSR count). The SMILES string of the molecule is CN1c2ccccc2C(c2ccccc2)=C(C(=O)N2CCOCC2)S1(=O)=O. The first-order valence-corrected chi connectivity index (χ1v) is 10.2. The van der Waals surface area contributed by atoms with Crippen molar-refractivity contribution in [2.24, 2.45) is 0 Å². The van der Waals surface area contributed by atoms with Gasteiger partial charge >= 0.3 is 0 Å². The molecule has 0 bridgehead atoms. The monoisotopic (exact) mass is 384 g/mol. The Morgan fingerprint density at radius 2 is 1.59 bits per heavy atom. The van der Waals surface area contributed by atoms with E-state index in [1.165, 1.54) is 11.4 Å². The number of rotatable bonds is 2. The number of fused-ring (bicyclic) bond motifs is 1. The summed E-state index contributed by atoms with van der Waals surface area (Å²) < 4.78 is 33.2. The van der Waals surface area contributed by atoms with Crippen LogP contribution in [0.2, 0.25) is 0 Å². The molecule has 0 spiro atoms. The van der Waals surface area contributed by atoms with Crippen LogP contribution in [-0.4, -0.2) is 52.6 Å². The third-order valence-electron chi connectivity index (χ3n) is 4.91. The zero-order valence-corrected chi connectivity index (χ0v) is 15.8. The van der Waals surface area contributed by atoms with Crippen LogP contribution in [0.25, 0.3) is 5.57 Å². The van der Waals surface area contributed by atoms with Crippen molar-refractivity contribution in [3.8, 4) is 0 Å². The summed E-state index contributed by atoms with van der Waals surface area (Å²) in [6.45, 7) is 1.58. The van der Waals surface area contributed by atoms with Gasteiger partial charge < -0.3 is 9.64 Å². The van der Waals surface area contributed by atoms with E-state index in [2.05, 4.69) is 0 Å². The van der Waals surface area contributed by atoms with Crippen molar-refractivity contribution in [2.75, 3.05) is 37.7 Å². The molecule has 2 heterocycles. The van der Waals surface area contributed by atoms with E-state index in [1.807, 2.05) is 42.5 Å². The van der Waals surface area contributed by atoms with Crippen LogP contribution in [0.5, 0.6) is 0 Å². The van der Waals surface area contributed by atoms with Crippen LogP contribution in [0.1, 0.15) is 11.1 Å². The second kappa shape index (κ2) is 6.83. The smallest absolute Gasteiger partial charge is 0.270 e. The fraction of sp³-hybridized carbons (Fsp3) is 0.250. The van der Waals surface area contributed by atoms with Crippen LogP contribution in [-0.2, 0) is 19.6 Å². The molecule has 2 aliphatic heterocycles. The van der Waals surface area contributed by atoms with Crippen molar-refractivity contribution in [3.05, 3.63) is 70.6 Å². The lowest BCUT2D eigenvalue weighted by Gasteiger charge is -2.34. The van der Waals surface area contributed by atoms with Gasteiger partial charge in [-0.15, -0.1) is 0 Å². The molecule has 0 aromatic heterocycles. The highest BCUT2D eigenvalue weighted by atomic mass is 32.2. The van der Waals surface area contributed by atoms with Crippen molar-refractivity contribution in [3.63, 3.8) is 0 Å². The predicted molar refractivity (Wildman–Crippen MR) is 104 cm³/mol. The molecule has 2 aliphatic rings. The summed E-state index contributed by atoms with van der Waals surface area (Å²) in [7, 11) is -2.49. The average Bonchev–Trinajstić information content (AvgIpc) is 2.71. The molecule has 6 nitrogen and oxygen atoms in total. The molecule has 0 aliphatic carbocycles. The molecule has 27 heavy (non-hydrogen) atoms. The van der Waals surface area contributed by atoms with Crippen LogP contribution in [0.4, 0.5) is 5.69 Å². The number of hydrogen-bond donors (Lipinski definition) is 0. The Labute approximate surface area is 158 Å². The Hall–Kier alpha value is -2.64. The summed E-state index contributed by atoms with van der Waals surface area (Å²) >= 11 is 0. The fourth-order valence-electron chi connectivity index (χ4n) is 3.50. The minimum Gasteiger partial charge on any atom is -0.378 e. The molecule has 1 amide bonds. The van der Waals surface area contributed by atoms with Crippen molar-refractivity contribution in [1.29, 1.82) is 0 Å². The summed E-state index contributed by atoms with van der Waals surface area (Å²) in [5.41, 5.74) is 2.46.